The molecule has 0 fully saturated rings. The molecule has 0 spiro atoms. The van der Waals surface area contributed by atoms with Gasteiger partial charge >= 0.3 is 0 Å². The van der Waals surface area contributed by atoms with E-state index < -0.39 is 0 Å². The highest BCUT2D eigenvalue weighted by atomic mass is 15.1. The summed E-state index contributed by atoms with van der Waals surface area (Å²) in [4.78, 5) is 2.38. The van der Waals surface area contributed by atoms with E-state index in [1.54, 1.807) is 0 Å². The quantitative estimate of drug-likeness (QED) is 0.481. The van der Waals surface area contributed by atoms with Crippen LogP contribution in [0.5, 0.6) is 0 Å². The second-order valence-corrected chi connectivity index (χ2v) is 3.51. The molecule has 0 aromatic heterocycles. The summed E-state index contributed by atoms with van der Waals surface area (Å²) in [5.41, 5.74) is 7.22. The Hall–Kier alpha value is -0.160. The van der Waals surface area contributed by atoms with Crippen molar-refractivity contribution in [2.75, 3.05) is 53.4 Å². The van der Waals surface area contributed by atoms with Crippen molar-refractivity contribution in [3.8, 4) is 0 Å². The van der Waals surface area contributed by atoms with Crippen LogP contribution in [0, 0.1) is 0 Å². The zero-order valence-electron chi connectivity index (χ0n) is 9.60. The molecule has 85 valence electrons. The Labute approximate surface area is 88.2 Å². The zero-order valence-corrected chi connectivity index (χ0v) is 9.60. The molecule has 4 nitrogen and oxygen atoms in total. The lowest BCUT2D eigenvalue weighted by atomic mass is 10.3. The molecule has 0 saturated carbocycles. The second-order valence-electron chi connectivity index (χ2n) is 3.51. The van der Waals surface area contributed by atoms with E-state index in [9.17, 15) is 0 Å². The van der Waals surface area contributed by atoms with Crippen molar-refractivity contribution in [1.82, 2.24) is 21.3 Å². The lowest BCUT2D eigenvalue weighted by molar-refractivity contribution is 0.272. The molecule has 0 unspecified atom stereocenters. The van der Waals surface area contributed by atoms with E-state index in [2.05, 4.69) is 15.5 Å². The van der Waals surface area contributed by atoms with Crippen LogP contribution in [0.25, 0.3) is 0 Å². The fraction of sp³-hybridized carbons (Fsp3) is 1.00. The zero-order chi connectivity index (χ0) is 10.6. The molecule has 0 aromatic rings. The molecule has 4 heteroatoms. The lowest BCUT2D eigenvalue weighted by Crippen LogP contribution is -2.32. The predicted octanol–water partition coefficient (Wildman–Crippen LogP) is -0.210. The predicted molar refractivity (Wildman–Crippen MR) is 61.5 cm³/mol. The smallest absolute Gasteiger partial charge is 0.0228 e. The van der Waals surface area contributed by atoms with Crippen LogP contribution < -0.4 is 16.4 Å². The summed E-state index contributed by atoms with van der Waals surface area (Å²) in [6.07, 6.45) is 2.35. The van der Waals surface area contributed by atoms with E-state index in [1.807, 2.05) is 14.1 Å². The van der Waals surface area contributed by atoms with Gasteiger partial charge in [0.25, 0.3) is 0 Å². The number of hydrogen-bond donors (Lipinski definition) is 2. The minimum Gasteiger partial charge on any atom is -0.320 e. The van der Waals surface area contributed by atoms with Gasteiger partial charge in [-0.25, -0.2) is 0 Å². The van der Waals surface area contributed by atoms with E-state index in [0.717, 1.165) is 32.7 Å². The highest BCUT2D eigenvalue weighted by Crippen LogP contribution is 1.92. The van der Waals surface area contributed by atoms with Gasteiger partial charge in [0.2, 0.25) is 0 Å². The van der Waals surface area contributed by atoms with Crippen LogP contribution in [-0.4, -0.2) is 58.3 Å². The summed E-state index contributed by atoms with van der Waals surface area (Å²) in [6, 6.07) is 0. The van der Waals surface area contributed by atoms with Gasteiger partial charge < -0.3 is 15.5 Å². The van der Waals surface area contributed by atoms with Gasteiger partial charge in [0, 0.05) is 13.1 Å². The van der Waals surface area contributed by atoms with E-state index >= 15 is 0 Å². The Bertz CT molecular complexity index is 98.3. The summed E-state index contributed by atoms with van der Waals surface area (Å²) in [5, 5.41) is 6.29. The van der Waals surface area contributed by atoms with E-state index in [1.165, 1.54) is 12.8 Å². The lowest BCUT2D eigenvalue weighted by Gasteiger charge is -2.21. The van der Waals surface area contributed by atoms with Crippen LogP contribution in [0.2, 0.25) is 0 Å². The Kier molecular flexibility index (Phi) is 10.8. The minimum absolute atomic E-state index is 0.513. The Morgan fingerprint density at radius 1 is 0.929 bits per heavy atom. The molecule has 0 saturated heterocycles. The van der Waals surface area contributed by atoms with Crippen molar-refractivity contribution in [2.45, 2.75) is 12.8 Å². The maximum absolute atomic E-state index is 7.22. The van der Waals surface area contributed by atoms with E-state index in [0.29, 0.717) is 6.54 Å². The third-order valence-electron chi connectivity index (χ3n) is 2.23. The molecule has 3 N–H and O–H groups in total. The van der Waals surface area contributed by atoms with Crippen LogP contribution >= 0.6 is 0 Å². The third kappa shape index (κ3) is 8.44. The molecule has 0 aliphatic rings. The SMILES string of the molecule is CNCCCN(CC[NH])CCCNC. The van der Waals surface area contributed by atoms with E-state index in [4.69, 9.17) is 5.73 Å². The molecule has 0 aliphatic heterocycles. The number of hydrogen-bond acceptors (Lipinski definition) is 3. The first-order valence-electron chi connectivity index (χ1n) is 5.51. The normalized spacial score (nSPS) is 11.1. The Balaban J connectivity index is 3.44. The maximum atomic E-state index is 7.22. The van der Waals surface area contributed by atoms with Gasteiger partial charge in [-0.3, -0.25) is 5.73 Å². The molecule has 0 amide bonds. The van der Waals surface area contributed by atoms with Crippen LogP contribution in [0.3, 0.4) is 0 Å². The van der Waals surface area contributed by atoms with Crippen molar-refractivity contribution in [3.05, 3.63) is 0 Å². The van der Waals surface area contributed by atoms with Crippen LogP contribution in [0.15, 0.2) is 0 Å². The highest BCUT2D eigenvalue weighted by Gasteiger charge is 2.02. The average molecular weight is 201 g/mol. The molecule has 0 bridgehead atoms. The van der Waals surface area contributed by atoms with Crippen molar-refractivity contribution >= 4 is 0 Å². The van der Waals surface area contributed by atoms with Gasteiger partial charge in [0.05, 0.1) is 0 Å². The molecule has 0 heterocycles. The topological polar surface area (TPSA) is 51.1 Å². The van der Waals surface area contributed by atoms with Gasteiger partial charge in [0.15, 0.2) is 0 Å². The molecule has 0 rings (SSSR count). The van der Waals surface area contributed by atoms with Crippen LogP contribution in [0.1, 0.15) is 12.8 Å². The first-order chi connectivity index (χ1) is 6.85. The van der Waals surface area contributed by atoms with E-state index in [-0.39, 0.29) is 0 Å². The molecule has 0 aliphatic carbocycles. The number of nitrogens with zero attached hydrogens (tertiary/aromatic N) is 1. The van der Waals surface area contributed by atoms with Gasteiger partial charge in [-0.1, -0.05) is 0 Å². The summed E-state index contributed by atoms with van der Waals surface area (Å²) >= 11 is 0. The standard InChI is InChI=1S/C10H25N4/c1-12-6-3-8-14(10-5-11)9-4-7-13-2/h11-13H,3-10H2,1-2H3. The highest BCUT2D eigenvalue weighted by molar-refractivity contribution is 4.59. The molecular weight excluding hydrogens is 176 g/mol. The summed E-state index contributed by atoms with van der Waals surface area (Å²) in [7, 11) is 3.96. The molecule has 0 aromatic carbocycles. The number of nitrogens with one attached hydrogen (secondary N) is 3. The van der Waals surface area contributed by atoms with Crippen molar-refractivity contribution in [1.29, 1.82) is 0 Å². The van der Waals surface area contributed by atoms with Crippen molar-refractivity contribution in [2.24, 2.45) is 0 Å². The fourth-order valence-corrected chi connectivity index (χ4v) is 1.45. The molecule has 14 heavy (non-hydrogen) atoms. The van der Waals surface area contributed by atoms with Gasteiger partial charge in [-0.15, -0.1) is 0 Å². The third-order valence-corrected chi connectivity index (χ3v) is 2.23. The van der Waals surface area contributed by atoms with Crippen LogP contribution in [0.4, 0.5) is 0 Å². The van der Waals surface area contributed by atoms with Crippen molar-refractivity contribution < 1.29 is 0 Å². The molecule has 1 radical (unpaired) electrons. The Morgan fingerprint density at radius 3 is 1.79 bits per heavy atom. The van der Waals surface area contributed by atoms with Crippen molar-refractivity contribution in [3.63, 3.8) is 0 Å². The summed E-state index contributed by atoms with van der Waals surface area (Å²) in [5.74, 6) is 0. The summed E-state index contributed by atoms with van der Waals surface area (Å²) < 4.78 is 0. The fourth-order valence-electron chi connectivity index (χ4n) is 1.45. The first kappa shape index (κ1) is 13.8. The maximum Gasteiger partial charge on any atom is 0.0228 e. The Morgan fingerprint density at radius 2 is 1.43 bits per heavy atom. The first-order valence-corrected chi connectivity index (χ1v) is 5.51. The second kappa shape index (κ2) is 10.9. The molecular formula is C10H25N4. The molecule has 0 atom stereocenters. The van der Waals surface area contributed by atoms with Gasteiger partial charge in [0.1, 0.15) is 0 Å². The monoisotopic (exact) mass is 201 g/mol. The summed E-state index contributed by atoms with van der Waals surface area (Å²) in [6.45, 7) is 5.79. The number of rotatable bonds is 10. The van der Waals surface area contributed by atoms with Crippen LogP contribution in [-0.2, 0) is 0 Å². The van der Waals surface area contributed by atoms with Gasteiger partial charge in [-0.2, -0.15) is 0 Å². The minimum atomic E-state index is 0.513. The van der Waals surface area contributed by atoms with Gasteiger partial charge in [-0.05, 0) is 53.1 Å². The largest absolute Gasteiger partial charge is 0.320 e. The average Bonchev–Trinajstić information content (AvgIpc) is 2.18.